The molecular formula is C25H26F3N4PS2. The van der Waals surface area contributed by atoms with Gasteiger partial charge < -0.3 is 20.0 Å². The molecule has 184 valence electrons. The lowest BCUT2D eigenvalue weighted by Crippen LogP contribution is -2.30. The standard InChI is InChI=1S/C25H26F3N4PS2/c1-19-16-20(25(26,27)28)18-21(17-19)30-24(34)29-12-15-35-33-31(22-8-4-2-5-9-22)13-14-32(33)23-10-6-3-7-11-23/h2-11,16-18H,12-15H2,1H3,(H2,29,30,34). The van der Waals surface area contributed by atoms with E-state index in [-0.39, 0.29) is 0 Å². The lowest BCUT2D eigenvalue weighted by atomic mass is 10.1. The molecule has 35 heavy (non-hydrogen) atoms. The van der Waals surface area contributed by atoms with Gasteiger partial charge in [-0.2, -0.15) is 13.2 Å². The number of thiocarbonyl (C=S) groups is 1. The van der Waals surface area contributed by atoms with Gasteiger partial charge in [-0.25, -0.2) is 0 Å². The molecule has 4 nitrogen and oxygen atoms in total. The minimum atomic E-state index is -4.40. The summed E-state index contributed by atoms with van der Waals surface area (Å²) in [5.41, 5.74) is 2.56. The second-order valence-electron chi connectivity index (χ2n) is 7.97. The third kappa shape index (κ3) is 6.81. The van der Waals surface area contributed by atoms with Crippen LogP contribution in [0.2, 0.25) is 0 Å². The van der Waals surface area contributed by atoms with E-state index in [9.17, 15) is 13.2 Å². The Hall–Kier alpha value is -2.48. The summed E-state index contributed by atoms with van der Waals surface area (Å²) in [7, 11) is -0.671. The van der Waals surface area contributed by atoms with Crippen LogP contribution in [-0.4, -0.2) is 30.5 Å². The van der Waals surface area contributed by atoms with Crippen LogP contribution in [0, 0.1) is 6.92 Å². The molecule has 0 aliphatic carbocycles. The van der Waals surface area contributed by atoms with Crippen LogP contribution in [0.3, 0.4) is 0 Å². The summed E-state index contributed by atoms with van der Waals surface area (Å²) in [5, 5.41) is 6.33. The molecule has 0 radical (unpaired) electrons. The van der Waals surface area contributed by atoms with Crippen LogP contribution >= 0.6 is 31.0 Å². The summed E-state index contributed by atoms with van der Waals surface area (Å²) in [6.45, 7) is 4.12. The van der Waals surface area contributed by atoms with Crippen molar-refractivity contribution in [3.63, 3.8) is 0 Å². The monoisotopic (exact) mass is 534 g/mol. The molecular weight excluding hydrogens is 508 g/mol. The molecule has 4 rings (SSSR count). The number of aryl methyl sites for hydroxylation is 1. The van der Waals surface area contributed by atoms with Crippen LogP contribution in [0.25, 0.3) is 0 Å². The highest BCUT2D eigenvalue weighted by atomic mass is 32.7. The van der Waals surface area contributed by atoms with Crippen LogP contribution in [0.5, 0.6) is 0 Å². The number of hydrogen-bond donors (Lipinski definition) is 2. The van der Waals surface area contributed by atoms with Crippen molar-refractivity contribution in [1.29, 1.82) is 0 Å². The van der Waals surface area contributed by atoms with E-state index in [1.807, 2.05) is 23.5 Å². The molecule has 1 heterocycles. The van der Waals surface area contributed by atoms with Gasteiger partial charge in [0.15, 0.2) is 12.5 Å². The fourth-order valence-corrected chi connectivity index (χ4v) is 8.73. The molecule has 1 fully saturated rings. The quantitative estimate of drug-likeness (QED) is 0.188. The third-order valence-corrected chi connectivity index (χ3v) is 10.3. The smallest absolute Gasteiger partial charge is 0.362 e. The van der Waals surface area contributed by atoms with E-state index < -0.39 is 19.2 Å². The number of anilines is 3. The van der Waals surface area contributed by atoms with Crippen LogP contribution in [0.4, 0.5) is 30.2 Å². The average molecular weight is 535 g/mol. The largest absolute Gasteiger partial charge is 0.416 e. The van der Waals surface area contributed by atoms with E-state index >= 15 is 0 Å². The Balaban J connectivity index is 1.36. The van der Waals surface area contributed by atoms with E-state index in [0.29, 0.717) is 22.9 Å². The van der Waals surface area contributed by atoms with Crippen molar-refractivity contribution in [1.82, 2.24) is 5.32 Å². The van der Waals surface area contributed by atoms with Gasteiger partial charge in [0.05, 0.1) is 5.56 Å². The molecule has 3 aromatic rings. The molecule has 0 spiro atoms. The predicted molar refractivity (Wildman–Crippen MR) is 147 cm³/mol. The Morgan fingerprint density at radius 2 is 1.51 bits per heavy atom. The minimum Gasteiger partial charge on any atom is -0.362 e. The van der Waals surface area contributed by atoms with E-state index in [0.717, 1.165) is 31.0 Å². The average Bonchev–Trinajstić information content (AvgIpc) is 3.26. The Labute approximate surface area is 214 Å². The van der Waals surface area contributed by atoms with Gasteiger partial charge in [-0.15, -0.1) is 0 Å². The van der Waals surface area contributed by atoms with Gasteiger partial charge in [-0.1, -0.05) is 47.8 Å². The predicted octanol–water partition coefficient (Wildman–Crippen LogP) is 7.29. The summed E-state index contributed by atoms with van der Waals surface area (Å²) in [6, 6.07) is 24.7. The topological polar surface area (TPSA) is 30.5 Å². The molecule has 3 aromatic carbocycles. The van der Waals surface area contributed by atoms with Crippen molar-refractivity contribution in [3.05, 3.63) is 90.0 Å². The zero-order valence-electron chi connectivity index (χ0n) is 19.1. The summed E-state index contributed by atoms with van der Waals surface area (Å²) in [5.74, 6) is 0.793. The van der Waals surface area contributed by atoms with Crippen LogP contribution in [0.15, 0.2) is 78.9 Å². The first kappa shape index (κ1) is 25.6. The van der Waals surface area contributed by atoms with Crippen molar-refractivity contribution in [2.75, 3.05) is 40.0 Å². The molecule has 10 heteroatoms. The Morgan fingerprint density at radius 1 is 0.943 bits per heavy atom. The first-order valence-corrected chi connectivity index (χ1v) is 14.4. The van der Waals surface area contributed by atoms with Crippen molar-refractivity contribution >= 4 is 53.2 Å². The van der Waals surface area contributed by atoms with E-state index in [1.54, 1.807) is 13.0 Å². The zero-order chi connectivity index (χ0) is 24.8. The fourth-order valence-electron chi connectivity index (χ4n) is 3.77. The Bertz CT molecular complexity index is 1090. The van der Waals surface area contributed by atoms with Crippen LogP contribution in [0.1, 0.15) is 11.1 Å². The SMILES string of the molecule is Cc1cc(NC(=S)NCCSP2N(c3ccccc3)CCN2c2ccccc2)cc(C(F)(F)F)c1. The third-order valence-electron chi connectivity index (χ3n) is 5.30. The van der Waals surface area contributed by atoms with E-state index in [4.69, 9.17) is 12.2 Å². The normalized spacial score (nSPS) is 14.3. The number of para-hydroxylation sites is 2. The molecule has 0 saturated carbocycles. The molecule has 0 atom stereocenters. The summed E-state index contributed by atoms with van der Waals surface area (Å²) in [6.07, 6.45) is -4.40. The number of nitrogens with one attached hydrogen (secondary N) is 2. The van der Waals surface area contributed by atoms with Gasteiger partial charge in [0, 0.05) is 42.4 Å². The highest BCUT2D eigenvalue weighted by Crippen LogP contribution is 2.61. The first-order chi connectivity index (χ1) is 16.8. The van der Waals surface area contributed by atoms with E-state index in [2.05, 4.69) is 68.5 Å². The summed E-state index contributed by atoms with van der Waals surface area (Å²) >= 11 is 7.20. The highest BCUT2D eigenvalue weighted by molar-refractivity contribution is 8.56. The maximum atomic E-state index is 13.1. The molecule has 0 aromatic heterocycles. The lowest BCUT2D eigenvalue weighted by Gasteiger charge is -2.31. The zero-order valence-corrected chi connectivity index (χ0v) is 21.7. The number of hydrogen-bond acceptors (Lipinski definition) is 4. The Morgan fingerprint density at radius 3 is 2.06 bits per heavy atom. The van der Waals surface area contributed by atoms with Crippen molar-refractivity contribution in [2.24, 2.45) is 0 Å². The molecule has 0 unspecified atom stereocenters. The summed E-state index contributed by atoms with van der Waals surface area (Å²) in [4.78, 5) is 0. The van der Waals surface area contributed by atoms with Gasteiger partial charge in [0.25, 0.3) is 0 Å². The molecule has 2 N–H and O–H groups in total. The van der Waals surface area contributed by atoms with Crippen LogP contribution in [-0.2, 0) is 6.18 Å². The number of nitrogens with zero attached hydrogens (tertiary/aromatic N) is 2. The maximum Gasteiger partial charge on any atom is 0.416 e. The molecule has 0 bridgehead atoms. The molecule has 1 saturated heterocycles. The first-order valence-electron chi connectivity index (χ1n) is 11.1. The number of rotatable bonds is 7. The van der Waals surface area contributed by atoms with Gasteiger partial charge in [-0.05, 0) is 67.2 Å². The second-order valence-corrected chi connectivity index (χ2v) is 12.3. The van der Waals surface area contributed by atoms with E-state index in [1.165, 1.54) is 11.4 Å². The van der Waals surface area contributed by atoms with Gasteiger partial charge in [-0.3, -0.25) is 0 Å². The molecule has 1 aliphatic rings. The van der Waals surface area contributed by atoms with Crippen LogP contribution < -0.4 is 20.0 Å². The van der Waals surface area contributed by atoms with Crippen molar-refractivity contribution < 1.29 is 13.2 Å². The van der Waals surface area contributed by atoms with Crippen molar-refractivity contribution in [3.8, 4) is 0 Å². The van der Waals surface area contributed by atoms with Gasteiger partial charge in [0.2, 0.25) is 0 Å². The molecule has 1 aliphatic heterocycles. The number of halogens is 3. The Kier molecular flexibility index (Phi) is 8.42. The lowest BCUT2D eigenvalue weighted by molar-refractivity contribution is -0.137. The highest BCUT2D eigenvalue weighted by Gasteiger charge is 2.33. The minimum absolute atomic E-state index is 0.309. The van der Waals surface area contributed by atoms with Crippen molar-refractivity contribution in [2.45, 2.75) is 13.1 Å². The van der Waals surface area contributed by atoms with Gasteiger partial charge >= 0.3 is 6.18 Å². The number of benzene rings is 3. The number of alkyl halides is 3. The summed E-state index contributed by atoms with van der Waals surface area (Å²) < 4.78 is 44.2. The molecule has 0 amide bonds. The maximum absolute atomic E-state index is 13.1. The van der Waals surface area contributed by atoms with Gasteiger partial charge in [0.1, 0.15) is 0 Å². The fraction of sp³-hybridized carbons (Fsp3) is 0.240. The second kappa shape index (κ2) is 11.5.